The van der Waals surface area contributed by atoms with E-state index in [1.165, 1.54) is 6.20 Å². The Balaban J connectivity index is 1.51. The summed E-state index contributed by atoms with van der Waals surface area (Å²) in [5.74, 6) is -0.882. The lowest BCUT2D eigenvalue weighted by Crippen LogP contribution is -2.29. The molecule has 5 rings (SSSR count). The number of aliphatic hydroxyl groups is 1. The van der Waals surface area contributed by atoms with Crippen LogP contribution in [0.15, 0.2) is 30.2 Å². The van der Waals surface area contributed by atoms with E-state index in [4.69, 9.17) is 21.1 Å². The van der Waals surface area contributed by atoms with Crippen LogP contribution >= 0.6 is 11.6 Å². The van der Waals surface area contributed by atoms with Crippen LogP contribution in [0.1, 0.15) is 29.5 Å². The number of carbonyl (C=O) groups excluding carboxylic acids is 1. The number of ether oxygens (including phenoxy) is 2. The van der Waals surface area contributed by atoms with E-state index >= 15 is 0 Å². The van der Waals surface area contributed by atoms with Crippen LogP contribution in [0.2, 0.25) is 5.02 Å². The van der Waals surface area contributed by atoms with Gasteiger partial charge in [-0.15, -0.1) is 0 Å². The molecule has 150 valence electrons. The molecule has 2 aromatic rings. The minimum absolute atomic E-state index is 0.0509. The number of Topliss-reactive ketones (excluding diaryl/α,β-unsaturated/α-hetero) is 1. The van der Waals surface area contributed by atoms with Gasteiger partial charge in [-0.25, -0.2) is 9.37 Å². The molecule has 2 saturated heterocycles. The molecule has 1 aliphatic carbocycles. The summed E-state index contributed by atoms with van der Waals surface area (Å²) in [5, 5.41) is 11.1. The van der Waals surface area contributed by atoms with Crippen molar-refractivity contribution in [1.29, 1.82) is 0 Å². The van der Waals surface area contributed by atoms with E-state index in [0.717, 1.165) is 30.0 Å². The summed E-state index contributed by atoms with van der Waals surface area (Å²) in [7, 11) is 0. The van der Waals surface area contributed by atoms with E-state index in [0.29, 0.717) is 16.9 Å². The minimum Gasteiger partial charge on any atom is -0.511 e. The zero-order valence-corrected chi connectivity index (χ0v) is 16.7. The van der Waals surface area contributed by atoms with Gasteiger partial charge in [0.1, 0.15) is 11.5 Å². The van der Waals surface area contributed by atoms with Crippen LogP contribution in [0, 0.1) is 31.5 Å². The molecule has 3 unspecified atom stereocenters. The highest BCUT2D eigenvalue weighted by Gasteiger charge is 2.59. The number of aryl methyl sites for hydroxylation is 2. The smallest absolute Gasteiger partial charge is 0.255 e. The molecule has 5 nitrogen and oxygen atoms in total. The summed E-state index contributed by atoms with van der Waals surface area (Å²) >= 11 is 5.73. The van der Waals surface area contributed by atoms with Gasteiger partial charge in [-0.2, -0.15) is 0 Å². The second-order valence-corrected chi connectivity index (χ2v) is 8.38. The van der Waals surface area contributed by atoms with Gasteiger partial charge >= 0.3 is 0 Å². The Morgan fingerprint density at radius 2 is 1.83 bits per heavy atom. The second kappa shape index (κ2) is 6.54. The number of hydrogen-bond acceptors (Lipinski definition) is 5. The van der Waals surface area contributed by atoms with Crippen LogP contribution in [-0.2, 0) is 9.53 Å². The molecular weight excluding hydrogens is 397 g/mol. The van der Waals surface area contributed by atoms with Gasteiger partial charge in [0.15, 0.2) is 11.6 Å². The molecule has 4 atom stereocenters. The molecule has 0 saturated carbocycles. The largest absolute Gasteiger partial charge is 0.511 e. The van der Waals surface area contributed by atoms with E-state index in [-0.39, 0.29) is 46.5 Å². The highest BCUT2D eigenvalue weighted by atomic mass is 35.5. The Labute approximate surface area is 172 Å². The predicted octanol–water partition coefficient (Wildman–Crippen LogP) is 4.93. The first-order valence-electron chi connectivity index (χ1n) is 9.58. The molecule has 1 N–H and O–H groups in total. The van der Waals surface area contributed by atoms with Crippen molar-refractivity contribution in [3.63, 3.8) is 0 Å². The average Bonchev–Trinajstić information content (AvgIpc) is 3.33. The molecule has 1 aromatic carbocycles. The summed E-state index contributed by atoms with van der Waals surface area (Å²) in [6.45, 7) is 3.68. The van der Waals surface area contributed by atoms with Gasteiger partial charge in [0.05, 0.1) is 34.6 Å². The molecule has 2 aliphatic heterocycles. The van der Waals surface area contributed by atoms with Gasteiger partial charge in [-0.1, -0.05) is 11.6 Å². The Hall–Kier alpha value is -2.44. The third kappa shape index (κ3) is 2.77. The number of rotatable bonds is 3. The van der Waals surface area contributed by atoms with Crippen molar-refractivity contribution in [1.82, 2.24) is 4.98 Å². The highest BCUT2D eigenvalue weighted by molar-refractivity contribution is 6.30. The number of hydrogen-bond donors (Lipinski definition) is 1. The zero-order valence-electron chi connectivity index (χ0n) is 15.9. The molecule has 1 aromatic heterocycles. The number of halogens is 2. The lowest BCUT2D eigenvalue weighted by Gasteiger charge is -2.19. The van der Waals surface area contributed by atoms with Gasteiger partial charge in [0.25, 0.3) is 5.88 Å². The fraction of sp³-hybridized carbons (Fsp3) is 0.364. The summed E-state index contributed by atoms with van der Waals surface area (Å²) in [5.41, 5.74) is 2.62. The molecular formula is C22H19ClFNO4. The van der Waals surface area contributed by atoms with E-state index in [1.54, 1.807) is 12.1 Å². The van der Waals surface area contributed by atoms with E-state index < -0.39 is 5.82 Å². The van der Waals surface area contributed by atoms with Crippen molar-refractivity contribution in [3.8, 4) is 11.6 Å². The fourth-order valence-electron chi connectivity index (χ4n) is 5.03. The van der Waals surface area contributed by atoms with Crippen molar-refractivity contribution in [2.24, 2.45) is 11.8 Å². The number of aliphatic hydroxyl groups excluding tert-OH is 1. The Bertz CT molecular complexity index is 1060. The zero-order chi connectivity index (χ0) is 20.4. The van der Waals surface area contributed by atoms with Crippen LogP contribution < -0.4 is 4.74 Å². The number of ketones is 1. The second-order valence-electron chi connectivity index (χ2n) is 7.94. The number of nitrogens with zero attached hydrogens (tertiary/aromatic N) is 1. The minimum atomic E-state index is -0.661. The number of allylic oxidation sites excluding steroid dienone is 1. The fourth-order valence-corrected chi connectivity index (χ4v) is 5.18. The normalized spacial score (nSPS) is 27.7. The lowest BCUT2D eigenvalue weighted by molar-refractivity contribution is -0.118. The van der Waals surface area contributed by atoms with Crippen molar-refractivity contribution >= 4 is 23.0 Å². The standard InChI is InChI=1S/C22H19ClFNO4/c1-9-5-12(28-22-13(24)7-11(23)8-25-22)6-10(2)16(9)19-20(26)17-14-3-4-15(29-14)18(17)21(19)27/h5-8,14-15,17-18,26H,3-4H2,1-2H3/t14?,15?,17?,18-/m0/s1. The summed E-state index contributed by atoms with van der Waals surface area (Å²) < 4.78 is 25.4. The van der Waals surface area contributed by atoms with Crippen molar-refractivity contribution in [3.05, 3.63) is 57.7 Å². The molecule has 0 spiro atoms. The molecule has 3 aliphatic rings. The third-order valence-corrected chi connectivity index (χ3v) is 6.35. The molecule has 3 heterocycles. The summed E-state index contributed by atoms with van der Waals surface area (Å²) in [6.07, 6.45) is 2.88. The SMILES string of the molecule is Cc1cc(Oc2ncc(Cl)cc2F)cc(C)c1C1=C(O)C2C3CCC(O3)[C@@H]2C1=O. The Morgan fingerprint density at radius 1 is 1.17 bits per heavy atom. The molecule has 2 fully saturated rings. The van der Waals surface area contributed by atoms with Crippen LogP contribution in [0.3, 0.4) is 0 Å². The van der Waals surface area contributed by atoms with Gasteiger partial charge in [0.2, 0.25) is 0 Å². The maximum absolute atomic E-state index is 14.0. The maximum Gasteiger partial charge on any atom is 0.255 e. The quantitative estimate of drug-likeness (QED) is 0.769. The predicted molar refractivity (Wildman–Crippen MR) is 105 cm³/mol. The van der Waals surface area contributed by atoms with Crippen LogP contribution in [-0.4, -0.2) is 28.1 Å². The lowest BCUT2D eigenvalue weighted by atomic mass is 9.80. The van der Waals surface area contributed by atoms with Gasteiger partial charge in [-0.3, -0.25) is 4.79 Å². The van der Waals surface area contributed by atoms with E-state index in [1.807, 2.05) is 13.8 Å². The topological polar surface area (TPSA) is 68.7 Å². The molecule has 29 heavy (non-hydrogen) atoms. The van der Waals surface area contributed by atoms with Gasteiger partial charge in [-0.05, 0) is 61.6 Å². The number of aromatic nitrogens is 1. The first-order chi connectivity index (χ1) is 13.8. The number of fused-ring (bicyclic) bond motifs is 5. The summed E-state index contributed by atoms with van der Waals surface area (Å²) in [6, 6.07) is 4.56. The Kier molecular flexibility index (Phi) is 4.19. The molecule has 7 heteroatoms. The summed E-state index contributed by atoms with van der Waals surface area (Å²) in [4.78, 5) is 17.0. The van der Waals surface area contributed by atoms with Crippen molar-refractivity contribution < 1.29 is 23.8 Å². The third-order valence-electron chi connectivity index (χ3n) is 6.14. The van der Waals surface area contributed by atoms with Gasteiger partial charge in [0, 0.05) is 6.20 Å². The van der Waals surface area contributed by atoms with Crippen molar-refractivity contribution in [2.45, 2.75) is 38.9 Å². The van der Waals surface area contributed by atoms with Crippen LogP contribution in [0.25, 0.3) is 5.57 Å². The van der Waals surface area contributed by atoms with Crippen LogP contribution in [0.5, 0.6) is 11.6 Å². The van der Waals surface area contributed by atoms with E-state index in [2.05, 4.69) is 4.98 Å². The van der Waals surface area contributed by atoms with E-state index in [9.17, 15) is 14.3 Å². The number of carbonyl (C=O) groups is 1. The van der Waals surface area contributed by atoms with Gasteiger partial charge < -0.3 is 14.6 Å². The van der Waals surface area contributed by atoms with Crippen LogP contribution in [0.4, 0.5) is 4.39 Å². The first-order valence-corrected chi connectivity index (χ1v) is 9.96. The molecule has 2 bridgehead atoms. The molecule has 0 amide bonds. The maximum atomic E-state index is 14.0. The monoisotopic (exact) mass is 415 g/mol. The first kappa shape index (κ1) is 18.6. The number of pyridine rings is 1. The highest BCUT2D eigenvalue weighted by Crippen LogP contribution is 2.54. The van der Waals surface area contributed by atoms with Crippen molar-refractivity contribution in [2.75, 3.05) is 0 Å². The number of benzene rings is 1. The average molecular weight is 416 g/mol. The molecule has 0 radical (unpaired) electrons. The Morgan fingerprint density at radius 3 is 2.45 bits per heavy atom.